The molecule has 0 heterocycles. The summed E-state index contributed by atoms with van der Waals surface area (Å²) in [5.74, 6) is -5.21. The molecular weight excluding hydrogens is 572 g/mol. The minimum absolute atomic E-state index is 0. The molecule has 5 aromatic rings. The highest BCUT2D eigenvalue weighted by atomic mass is 79.9. The largest absolute Gasteiger partial charge is 0.478 e. The minimum Gasteiger partial charge on any atom is -0.478 e. The van der Waals surface area contributed by atoms with E-state index in [2.05, 4.69) is 0 Å². The number of rotatable bonds is 4. The number of amides is 2. The van der Waals surface area contributed by atoms with Crippen LogP contribution in [0, 0.1) is 0 Å². The van der Waals surface area contributed by atoms with Gasteiger partial charge in [-0.25, -0.2) is 9.59 Å². The zero-order chi connectivity index (χ0) is 22.9. The Balaban J connectivity index is 0.00000162. The van der Waals surface area contributed by atoms with E-state index in [1.54, 1.807) is 18.2 Å². The van der Waals surface area contributed by atoms with Gasteiger partial charge in [0.25, 0.3) is 0 Å². The van der Waals surface area contributed by atoms with Gasteiger partial charge in [0.05, 0.1) is 22.3 Å². The number of aromatic carboxylic acids is 2. The van der Waals surface area contributed by atoms with E-state index in [4.69, 9.17) is 11.5 Å². The van der Waals surface area contributed by atoms with Gasteiger partial charge in [0.15, 0.2) is 0 Å². The molecular formula is C24H16Br2N2O6. The Labute approximate surface area is 212 Å². The Morgan fingerprint density at radius 1 is 0.559 bits per heavy atom. The molecule has 0 radical (unpaired) electrons. The summed E-state index contributed by atoms with van der Waals surface area (Å²) in [5, 5.41) is 23.5. The standard InChI is InChI=1S/C24H14N2O6.2BrH/c25-21(27)18-16-12-6-2-4-9-3-1-5-10(14(9)12)11-7-8-13(23(29)30)17(15(11)16)20(24(31)32)19(18)22(26)28;;/h1-8H,(H2,25,27)(H2,26,28)(H,29,30)(H,31,32);2*1H. The van der Waals surface area contributed by atoms with Gasteiger partial charge in [-0.3, -0.25) is 9.59 Å². The van der Waals surface area contributed by atoms with E-state index in [9.17, 15) is 29.4 Å². The van der Waals surface area contributed by atoms with Gasteiger partial charge >= 0.3 is 11.9 Å². The number of halogens is 2. The van der Waals surface area contributed by atoms with Crippen LogP contribution in [0.1, 0.15) is 41.4 Å². The zero-order valence-corrected chi connectivity index (χ0v) is 20.5. The van der Waals surface area contributed by atoms with Crippen molar-refractivity contribution in [2.45, 2.75) is 0 Å². The number of primary amides is 2. The highest BCUT2D eigenvalue weighted by Crippen LogP contribution is 2.45. The van der Waals surface area contributed by atoms with Crippen LogP contribution in [-0.4, -0.2) is 34.0 Å². The Morgan fingerprint density at radius 3 is 1.65 bits per heavy atom. The summed E-state index contributed by atoms with van der Waals surface area (Å²) in [6.45, 7) is 0. The third-order valence-electron chi connectivity index (χ3n) is 5.86. The fraction of sp³-hybridized carbons (Fsp3) is 0. The number of carboxylic acids is 2. The summed E-state index contributed by atoms with van der Waals surface area (Å²) in [5.41, 5.74) is 9.24. The molecule has 5 rings (SSSR count). The van der Waals surface area contributed by atoms with Crippen molar-refractivity contribution in [1.82, 2.24) is 0 Å². The van der Waals surface area contributed by atoms with Crippen LogP contribution in [0.2, 0.25) is 0 Å². The lowest BCUT2D eigenvalue weighted by molar-refractivity contribution is 0.0693. The van der Waals surface area contributed by atoms with Crippen molar-refractivity contribution in [2.75, 3.05) is 0 Å². The van der Waals surface area contributed by atoms with Crippen LogP contribution < -0.4 is 11.5 Å². The van der Waals surface area contributed by atoms with E-state index < -0.39 is 34.9 Å². The quantitative estimate of drug-likeness (QED) is 0.179. The highest BCUT2D eigenvalue weighted by molar-refractivity contribution is 8.93. The minimum atomic E-state index is -1.59. The monoisotopic (exact) mass is 586 g/mol. The molecule has 0 saturated heterocycles. The first-order chi connectivity index (χ1) is 15.2. The third kappa shape index (κ3) is 3.17. The summed E-state index contributed by atoms with van der Waals surface area (Å²) >= 11 is 0. The van der Waals surface area contributed by atoms with Crippen molar-refractivity contribution < 1.29 is 29.4 Å². The Morgan fingerprint density at radius 2 is 1.12 bits per heavy atom. The van der Waals surface area contributed by atoms with Crippen molar-refractivity contribution in [2.24, 2.45) is 11.5 Å². The molecule has 0 fully saturated rings. The Hall–Kier alpha value is -3.76. The van der Waals surface area contributed by atoms with E-state index in [-0.39, 0.29) is 61.2 Å². The van der Waals surface area contributed by atoms with E-state index in [0.717, 1.165) is 16.2 Å². The maximum absolute atomic E-state index is 12.6. The van der Waals surface area contributed by atoms with Gasteiger partial charge in [-0.1, -0.05) is 42.5 Å². The number of nitrogens with two attached hydrogens (primary N) is 2. The molecule has 2 amide bonds. The lowest BCUT2D eigenvalue weighted by atomic mass is 9.81. The fourth-order valence-corrected chi connectivity index (χ4v) is 4.77. The molecule has 0 spiro atoms. The van der Waals surface area contributed by atoms with Gasteiger partial charge in [0.1, 0.15) is 0 Å². The molecule has 8 nitrogen and oxygen atoms in total. The predicted octanol–water partition coefficient (Wildman–Crippen LogP) is 4.49. The molecule has 0 saturated carbocycles. The van der Waals surface area contributed by atoms with E-state index in [1.807, 2.05) is 24.3 Å². The SMILES string of the molecule is Br.Br.NC(=O)c1c(C(=O)O)c2c(C(=O)O)ccc3c4cccc5cccc(c(c1C(N)=O)c23)c54. The van der Waals surface area contributed by atoms with Crippen molar-refractivity contribution in [3.63, 3.8) is 0 Å². The molecule has 0 unspecified atom stereocenters. The molecule has 172 valence electrons. The fourth-order valence-electron chi connectivity index (χ4n) is 4.77. The molecule has 0 aliphatic heterocycles. The van der Waals surface area contributed by atoms with Gasteiger partial charge in [-0.2, -0.15) is 0 Å². The number of hydrogen-bond donors (Lipinski definition) is 4. The molecule has 5 aromatic carbocycles. The first-order valence-corrected chi connectivity index (χ1v) is 9.49. The van der Waals surface area contributed by atoms with Crippen LogP contribution in [0.3, 0.4) is 0 Å². The van der Waals surface area contributed by atoms with Crippen LogP contribution in [-0.2, 0) is 0 Å². The first kappa shape index (κ1) is 24.9. The average molecular weight is 588 g/mol. The Kier molecular flexibility index (Phi) is 6.25. The number of carbonyl (C=O) groups is 4. The first-order valence-electron chi connectivity index (χ1n) is 9.49. The van der Waals surface area contributed by atoms with Crippen molar-refractivity contribution in [1.29, 1.82) is 0 Å². The maximum Gasteiger partial charge on any atom is 0.337 e. The Bertz CT molecular complexity index is 1690. The van der Waals surface area contributed by atoms with Crippen LogP contribution in [0.15, 0.2) is 48.5 Å². The van der Waals surface area contributed by atoms with Crippen LogP contribution >= 0.6 is 34.0 Å². The normalized spacial score (nSPS) is 10.8. The number of carboxylic acid groups (broad SMARTS) is 2. The summed E-state index contributed by atoms with van der Waals surface area (Å²) in [6.07, 6.45) is 0. The summed E-state index contributed by atoms with van der Waals surface area (Å²) < 4.78 is 0. The van der Waals surface area contributed by atoms with E-state index in [1.165, 1.54) is 6.07 Å². The van der Waals surface area contributed by atoms with Crippen LogP contribution in [0.5, 0.6) is 0 Å². The van der Waals surface area contributed by atoms with Crippen molar-refractivity contribution >= 4 is 101 Å². The van der Waals surface area contributed by atoms with Gasteiger partial charge in [0.2, 0.25) is 11.8 Å². The summed E-state index contributed by atoms with van der Waals surface area (Å²) in [6, 6.07) is 13.7. The number of carbonyl (C=O) groups excluding carboxylic acids is 2. The summed E-state index contributed by atoms with van der Waals surface area (Å²) in [4.78, 5) is 49.4. The second kappa shape index (κ2) is 8.54. The molecule has 0 aliphatic rings. The zero-order valence-electron chi connectivity index (χ0n) is 17.1. The third-order valence-corrected chi connectivity index (χ3v) is 5.86. The van der Waals surface area contributed by atoms with Crippen molar-refractivity contribution in [3.8, 4) is 0 Å². The lowest BCUT2D eigenvalue weighted by Crippen LogP contribution is -2.25. The van der Waals surface area contributed by atoms with Gasteiger partial charge in [-0.15, -0.1) is 34.0 Å². The van der Waals surface area contributed by atoms with Crippen LogP contribution in [0.25, 0.3) is 43.1 Å². The molecule has 0 bridgehead atoms. The predicted molar refractivity (Wildman–Crippen MR) is 139 cm³/mol. The number of fused-ring (bicyclic) bond motifs is 2. The van der Waals surface area contributed by atoms with E-state index >= 15 is 0 Å². The second-order valence-electron chi connectivity index (χ2n) is 7.46. The lowest BCUT2D eigenvalue weighted by Gasteiger charge is -2.21. The van der Waals surface area contributed by atoms with Gasteiger partial charge < -0.3 is 21.7 Å². The molecule has 0 atom stereocenters. The maximum atomic E-state index is 12.6. The second-order valence-corrected chi connectivity index (χ2v) is 7.46. The highest BCUT2D eigenvalue weighted by Gasteiger charge is 2.32. The molecule has 0 aromatic heterocycles. The number of hydrogen-bond acceptors (Lipinski definition) is 4. The van der Waals surface area contributed by atoms with E-state index in [0.29, 0.717) is 10.8 Å². The number of benzene rings is 5. The molecule has 6 N–H and O–H groups in total. The molecule has 0 aliphatic carbocycles. The van der Waals surface area contributed by atoms with Gasteiger partial charge in [-0.05, 0) is 38.4 Å². The average Bonchev–Trinajstić information content (AvgIpc) is 2.75. The molecule has 34 heavy (non-hydrogen) atoms. The smallest absolute Gasteiger partial charge is 0.337 e. The molecule has 10 heteroatoms. The van der Waals surface area contributed by atoms with Crippen molar-refractivity contribution in [3.05, 3.63) is 70.8 Å². The van der Waals surface area contributed by atoms with Crippen LogP contribution in [0.4, 0.5) is 0 Å². The van der Waals surface area contributed by atoms with Gasteiger partial charge in [0, 0.05) is 10.8 Å². The summed E-state index contributed by atoms with van der Waals surface area (Å²) in [7, 11) is 0. The topological polar surface area (TPSA) is 161 Å².